The molecule has 0 spiro atoms. The van der Waals surface area contributed by atoms with E-state index >= 15 is 0 Å². The summed E-state index contributed by atoms with van der Waals surface area (Å²) in [7, 11) is 0. The largest absolute Gasteiger partial charge is 0.487 e. The number of ketones is 1. The number of thiazole rings is 1. The van der Waals surface area contributed by atoms with Crippen molar-refractivity contribution in [3.8, 4) is 17.0 Å². The third-order valence-electron chi connectivity index (χ3n) is 7.48. The van der Waals surface area contributed by atoms with Gasteiger partial charge >= 0.3 is 12.1 Å². The Morgan fingerprint density at radius 3 is 2.53 bits per heavy atom. The van der Waals surface area contributed by atoms with E-state index in [0.29, 0.717) is 74.1 Å². The molecule has 2 aliphatic rings. The summed E-state index contributed by atoms with van der Waals surface area (Å²) in [6.07, 6.45) is 0.269. The van der Waals surface area contributed by atoms with Crippen LogP contribution in [0.25, 0.3) is 11.3 Å². The van der Waals surface area contributed by atoms with E-state index in [4.69, 9.17) is 14.2 Å². The van der Waals surface area contributed by atoms with Gasteiger partial charge in [-0.05, 0) is 44.4 Å². The van der Waals surface area contributed by atoms with Gasteiger partial charge in [-0.1, -0.05) is 6.92 Å². The highest BCUT2D eigenvalue weighted by molar-refractivity contribution is 7.12. The third-order valence-corrected chi connectivity index (χ3v) is 8.68. The molecule has 0 aliphatic carbocycles. The summed E-state index contributed by atoms with van der Waals surface area (Å²) >= 11 is 1.30. The van der Waals surface area contributed by atoms with Crippen LogP contribution < -0.4 is 9.64 Å². The fourth-order valence-electron chi connectivity index (χ4n) is 5.19. The van der Waals surface area contributed by atoms with E-state index in [1.165, 1.54) is 23.6 Å². The smallest absolute Gasteiger partial charge is 0.419 e. The Bertz CT molecular complexity index is 1430. The second kappa shape index (κ2) is 13.4. The number of rotatable bonds is 10. The lowest BCUT2D eigenvalue weighted by Gasteiger charge is -2.31. The van der Waals surface area contributed by atoms with Crippen molar-refractivity contribution < 1.29 is 37.0 Å². The van der Waals surface area contributed by atoms with Crippen molar-refractivity contribution in [3.63, 3.8) is 0 Å². The van der Waals surface area contributed by atoms with E-state index in [-0.39, 0.29) is 42.1 Å². The van der Waals surface area contributed by atoms with E-state index in [2.05, 4.69) is 15.0 Å². The van der Waals surface area contributed by atoms with Gasteiger partial charge in [0.25, 0.3) is 0 Å². The molecule has 3 aromatic rings. The molecule has 2 aromatic heterocycles. The number of halogens is 3. The van der Waals surface area contributed by atoms with Crippen LogP contribution in [0.15, 0.2) is 30.6 Å². The number of hydrogen-bond acceptors (Lipinski definition) is 10. The Kier molecular flexibility index (Phi) is 9.60. The van der Waals surface area contributed by atoms with Crippen LogP contribution in [0.3, 0.4) is 0 Å². The molecule has 0 N–H and O–H groups in total. The number of piperidine rings is 1. The number of aromatic nitrogens is 3. The van der Waals surface area contributed by atoms with Crippen LogP contribution in [0.1, 0.15) is 59.0 Å². The predicted octanol–water partition coefficient (Wildman–Crippen LogP) is 5.55. The SMILES string of the molecule is CCOC(=O)C1CCN(c2cnc(C(=O)Cc3nc(-c4ccc(O[C@H]5CCOC5)c(C(F)(F)F)c4)c(CC)s3)cn2)CC1. The molecular formula is C30H33F3N4O5S. The minimum atomic E-state index is -4.62. The summed E-state index contributed by atoms with van der Waals surface area (Å²) in [5, 5.41) is 0.487. The van der Waals surface area contributed by atoms with Gasteiger partial charge < -0.3 is 19.1 Å². The highest BCUT2D eigenvalue weighted by atomic mass is 32.1. The molecule has 0 bridgehead atoms. The minimum Gasteiger partial charge on any atom is -0.487 e. The number of alkyl halides is 3. The predicted molar refractivity (Wildman–Crippen MR) is 153 cm³/mol. The number of Topliss-reactive ketones (excluding diaryl/α,β-unsaturated/α-hetero) is 1. The standard InChI is InChI=1S/C30H33F3N4O5S/c1-3-25-28(19-5-6-24(21(13-19)30(31,32)33)42-20-9-12-40-17-20)36-27(43-25)14-23(38)22-15-35-26(16-34-22)37-10-7-18(8-11-37)29(39)41-4-2/h5-6,13,15-16,18,20H,3-4,7-12,14,17H2,1-2H3/t20-/m0/s1. The third kappa shape index (κ3) is 7.32. The maximum atomic E-state index is 14.0. The van der Waals surface area contributed by atoms with E-state index in [1.807, 2.05) is 11.8 Å². The van der Waals surface area contributed by atoms with Crippen LogP contribution in [-0.4, -0.2) is 65.7 Å². The summed E-state index contributed by atoms with van der Waals surface area (Å²) in [4.78, 5) is 41.1. The zero-order valence-corrected chi connectivity index (χ0v) is 24.8. The van der Waals surface area contributed by atoms with Gasteiger partial charge in [-0.2, -0.15) is 13.2 Å². The first-order valence-corrected chi connectivity index (χ1v) is 15.2. The molecule has 0 amide bonds. The second-order valence-corrected chi connectivity index (χ2v) is 11.6. The Labute approximate surface area is 251 Å². The zero-order valence-electron chi connectivity index (χ0n) is 24.0. The number of carbonyl (C=O) groups is 2. The maximum absolute atomic E-state index is 14.0. The van der Waals surface area contributed by atoms with Crippen molar-refractivity contribution in [2.75, 3.05) is 37.8 Å². The molecule has 43 heavy (non-hydrogen) atoms. The van der Waals surface area contributed by atoms with Gasteiger partial charge in [-0.15, -0.1) is 11.3 Å². The molecule has 9 nitrogen and oxygen atoms in total. The first-order valence-electron chi connectivity index (χ1n) is 14.4. The lowest BCUT2D eigenvalue weighted by atomic mass is 9.97. The maximum Gasteiger partial charge on any atom is 0.419 e. The highest BCUT2D eigenvalue weighted by Crippen LogP contribution is 2.41. The first kappa shape index (κ1) is 30.9. The van der Waals surface area contributed by atoms with Gasteiger partial charge in [-0.3, -0.25) is 9.59 Å². The number of aryl methyl sites for hydroxylation is 1. The first-order chi connectivity index (χ1) is 20.7. The van der Waals surface area contributed by atoms with Crippen LogP contribution in [0, 0.1) is 5.92 Å². The molecule has 2 fully saturated rings. The fraction of sp³-hybridized carbons (Fsp3) is 0.500. The molecule has 4 heterocycles. The van der Waals surface area contributed by atoms with Crippen molar-refractivity contribution in [2.24, 2.45) is 5.92 Å². The molecule has 2 aliphatic heterocycles. The molecule has 0 radical (unpaired) electrons. The van der Waals surface area contributed by atoms with Crippen LogP contribution in [0.2, 0.25) is 0 Å². The molecule has 0 unspecified atom stereocenters. The zero-order chi connectivity index (χ0) is 30.6. The van der Waals surface area contributed by atoms with Gasteiger partial charge in [0.2, 0.25) is 0 Å². The van der Waals surface area contributed by atoms with Gasteiger partial charge in [0.1, 0.15) is 28.4 Å². The van der Waals surface area contributed by atoms with Crippen LogP contribution in [-0.2, 0) is 33.3 Å². The summed E-state index contributed by atoms with van der Waals surface area (Å²) in [6.45, 7) is 6.02. The molecule has 5 rings (SSSR count). The topological polar surface area (TPSA) is 104 Å². The van der Waals surface area contributed by atoms with Crippen LogP contribution in [0.5, 0.6) is 5.75 Å². The fourth-order valence-corrected chi connectivity index (χ4v) is 6.22. The van der Waals surface area contributed by atoms with E-state index < -0.39 is 17.8 Å². The average Bonchev–Trinajstić information content (AvgIpc) is 3.67. The minimum absolute atomic E-state index is 0.0500. The summed E-state index contributed by atoms with van der Waals surface area (Å²) in [5.41, 5.74) is 0.0380. The van der Waals surface area contributed by atoms with Crippen molar-refractivity contribution in [1.82, 2.24) is 15.0 Å². The summed E-state index contributed by atoms with van der Waals surface area (Å²) in [6, 6.07) is 3.96. The number of carbonyl (C=O) groups excluding carboxylic acids is 2. The second-order valence-electron chi connectivity index (χ2n) is 10.4. The molecule has 1 atom stereocenters. The van der Waals surface area contributed by atoms with E-state index in [1.54, 1.807) is 19.2 Å². The Morgan fingerprint density at radius 1 is 1.12 bits per heavy atom. The molecule has 230 valence electrons. The molecular weight excluding hydrogens is 585 g/mol. The lowest BCUT2D eigenvalue weighted by molar-refractivity contribution is -0.148. The summed E-state index contributed by atoms with van der Waals surface area (Å²) < 4.78 is 57.9. The lowest BCUT2D eigenvalue weighted by Crippen LogP contribution is -2.37. The van der Waals surface area contributed by atoms with Gasteiger partial charge in [0.05, 0.1) is 55.8 Å². The molecule has 13 heteroatoms. The number of benzene rings is 1. The molecule has 2 saturated heterocycles. The van der Waals surface area contributed by atoms with Gasteiger partial charge in [0.15, 0.2) is 5.78 Å². The van der Waals surface area contributed by atoms with E-state index in [9.17, 15) is 22.8 Å². The quantitative estimate of drug-likeness (QED) is 0.214. The van der Waals surface area contributed by atoms with Gasteiger partial charge in [-0.25, -0.2) is 15.0 Å². The van der Waals surface area contributed by atoms with E-state index in [0.717, 1.165) is 10.9 Å². The number of esters is 1. The Balaban J connectivity index is 1.27. The average molecular weight is 619 g/mol. The van der Waals surface area contributed by atoms with Crippen molar-refractivity contribution in [1.29, 1.82) is 0 Å². The number of nitrogens with zero attached hydrogens (tertiary/aromatic N) is 4. The number of hydrogen-bond donors (Lipinski definition) is 0. The summed E-state index contributed by atoms with van der Waals surface area (Å²) in [5.74, 6) is -0.202. The number of anilines is 1. The number of ether oxygens (including phenoxy) is 3. The van der Waals surface area contributed by atoms with Crippen LogP contribution >= 0.6 is 11.3 Å². The monoisotopic (exact) mass is 618 g/mol. The van der Waals surface area contributed by atoms with Crippen LogP contribution in [0.4, 0.5) is 19.0 Å². The van der Waals surface area contributed by atoms with Crippen molar-refractivity contribution >= 4 is 28.9 Å². The normalized spacial score (nSPS) is 17.7. The molecule has 0 saturated carbocycles. The Hall–Kier alpha value is -3.58. The van der Waals surface area contributed by atoms with Gasteiger partial charge in [0, 0.05) is 30.0 Å². The van der Waals surface area contributed by atoms with Crippen molar-refractivity contribution in [3.05, 3.63) is 51.7 Å². The molecule has 1 aromatic carbocycles. The van der Waals surface area contributed by atoms with Crippen molar-refractivity contribution in [2.45, 2.75) is 58.2 Å². The highest BCUT2D eigenvalue weighted by Gasteiger charge is 2.36. The Morgan fingerprint density at radius 2 is 1.91 bits per heavy atom.